The third kappa shape index (κ3) is 2.62. The summed E-state index contributed by atoms with van der Waals surface area (Å²) < 4.78 is 2.04. The molecular weight excluding hydrogens is 222 g/mol. The number of hydrogen-bond acceptors (Lipinski definition) is 2. The maximum atomic E-state index is 6.32. The molecule has 18 heavy (non-hydrogen) atoms. The molecule has 0 radical (unpaired) electrons. The van der Waals surface area contributed by atoms with Gasteiger partial charge in [0.1, 0.15) is 0 Å². The summed E-state index contributed by atoms with van der Waals surface area (Å²) in [6.45, 7) is 7.13. The third-order valence-corrected chi connectivity index (χ3v) is 3.30. The Labute approximate surface area is 109 Å². The standard InChI is InChI=1S/C15H21N3/c1-4-18-13(9-12(3)17-18)10-15(16)14-8-6-5-7-11(14)2/h5-9,15H,4,10,16H2,1-3H3. The second-order valence-electron chi connectivity index (χ2n) is 4.76. The number of hydrogen-bond donors (Lipinski definition) is 1. The van der Waals surface area contributed by atoms with Crippen LogP contribution in [0.4, 0.5) is 0 Å². The van der Waals surface area contributed by atoms with Gasteiger partial charge in [-0.2, -0.15) is 5.10 Å². The van der Waals surface area contributed by atoms with Crippen LogP contribution in [0.2, 0.25) is 0 Å². The highest BCUT2D eigenvalue weighted by Gasteiger charge is 2.12. The van der Waals surface area contributed by atoms with Crippen molar-refractivity contribution < 1.29 is 0 Å². The second-order valence-corrected chi connectivity index (χ2v) is 4.76. The van der Waals surface area contributed by atoms with E-state index in [4.69, 9.17) is 5.73 Å². The van der Waals surface area contributed by atoms with E-state index < -0.39 is 0 Å². The molecule has 1 aromatic heterocycles. The van der Waals surface area contributed by atoms with E-state index in [9.17, 15) is 0 Å². The summed E-state index contributed by atoms with van der Waals surface area (Å²) in [5.41, 5.74) is 11.1. The summed E-state index contributed by atoms with van der Waals surface area (Å²) in [6.07, 6.45) is 0.833. The van der Waals surface area contributed by atoms with E-state index in [0.29, 0.717) is 0 Å². The van der Waals surface area contributed by atoms with Crippen molar-refractivity contribution in [1.29, 1.82) is 0 Å². The first-order chi connectivity index (χ1) is 8.61. The third-order valence-electron chi connectivity index (χ3n) is 3.30. The van der Waals surface area contributed by atoms with Gasteiger partial charge in [0.25, 0.3) is 0 Å². The Hall–Kier alpha value is -1.61. The van der Waals surface area contributed by atoms with E-state index in [2.05, 4.69) is 37.1 Å². The fourth-order valence-electron chi connectivity index (χ4n) is 2.38. The van der Waals surface area contributed by atoms with Gasteiger partial charge in [0, 0.05) is 24.7 Å². The number of aromatic nitrogens is 2. The summed E-state index contributed by atoms with van der Waals surface area (Å²) in [5.74, 6) is 0. The number of aryl methyl sites for hydroxylation is 3. The van der Waals surface area contributed by atoms with Crippen LogP contribution in [0, 0.1) is 13.8 Å². The first-order valence-corrected chi connectivity index (χ1v) is 6.46. The van der Waals surface area contributed by atoms with E-state index in [1.165, 1.54) is 16.8 Å². The minimum atomic E-state index is 0.0348. The summed E-state index contributed by atoms with van der Waals surface area (Å²) in [6, 6.07) is 10.5. The number of nitrogens with two attached hydrogens (primary N) is 1. The molecule has 2 aromatic rings. The predicted molar refractivity (Wildman–Crippen MR) is 74.4 cm³/mol. The summed E-state index contributed by atoms with van der Waals surface area (Å²) in [5, 5.41) is 4.46. The number of rotatable bonds is 4. The Morgan fingerprint density at radius 2 is 2.00 bits per heavy atom. The first kappa shape index (κ1) is 12.8. The summed E-state index contributed by atoms with van der Waals surface area (Å²) in [7, 11) is 0. The van der Waals surface area contributed by atoms with Crippen molar-refractivity contribution >= 4 is 0 Å². The molecule has 0 amide bonds. The van der Waals surface area contributed by atoms with Gasteiger partial charge < -0.3 is 5.73 Å². The van der Waals surface area contributed by atoms with E-state index in [0.717, 1.165) is 18.7 Å². The Bertz CT molecular complexity index is 528. The zero-order valence-electron chi connectivity index (χ0n) is 11.4. The smallest absolute Gasteiger partial charge is 0.0596 e. The molecule has 0 saturated heterocycles. The number of benzene rings is 1. The Kier molecular flexibility index (Phi) is 3.82. The van der Waals surface area contributed by atoms with Crippen molar-refractivity contribution in [3.05, 3.63) is 52.8 Å². The molecule has 0 aliphatic rings. The molecule has 1 unspecified atom stereocenters. The van der Waals surface area contributed by atoms with Crippen LogP contribution >= 0.6 is 0 Å². The molecule has 3 heteroatoms. The van der Waals surface area contributed by atoms with Crippen molar-refractivity contribution in [2.45, 2.75) is 39.8 Å². The van der Waals surface area contributed by atoms with Crippen molar-refractivity contribution in [3.8, 4) is 0 Å². The topological polar surface area (TPSA) is 43.8 Å². The largest absolute Gasteiger partial charge is 0.324 e. The molecule has 2 rings (SSSR count). The van der Waals surface area contributed by atoms with Crippen molar-refractivity contribution in [2.24, 2.45) is 5.73 Å². The van der Waals surface area contributed by atoms with Gasteiger partial charge in [-0.1, -0.05) is 24.3 Å². The van der Waals surface area contributed by atoms with Crippen molar-refractivity contribution in [3.63, 3.8) is 0 Å². The highest BCUT2D eigenvalue weighted by Crippen LogP contribution is 2.19. The maximum absolute atomic E-state index is 6.32. The molecule has 0 aliphatic carbocycles. The lowest BCUT2D eigenvalue weighted by Crippen LogP contribution is -2.17. The normalized spacial score (nSPS) is 12.7. The lowest BCUT2D eigenvalue weighted by molar-refractivity contribution is 0.586. The van der Waals surface area contributed by atoms with Gasteiger partial charge in [-0.3, -0.25) is 4.68 Å². The monoisotopic (exact) mass is 243 g/mol. The van der Waals surface area contributed by atoms with Gasteiger partial charge in [-0.05, 0) is 38.0 Å². The van der Waals surface area contributed by atoms with E-state index in [1.54, 1.807) is 0 Å². The molecule has 3 nitrogen and oxygen atoms in total. The lowest BCUT2D eigenvalue weighted by Gasteiger charge is -2.15. The second kappa shape index (κ2) is 5.36. The van der Waals surface area contributed by atoms with Crippen LogP contribution in [0.1, 0.15) is 35.5 Å². The predicted octanol–water partition coefficient (Wildman–Crippen LogP) is 2.76. The van der Waals surface area contributed by atoms with Crippen molar-refractivity contribution in [2.75, 3.05) is 0 Å². The average Bonchev–Trinajstić information content (AvgIpc) is 2.70. The zero-order chi connectivity index (χ0) is 13.1. The Balaban J connectivity index is 2.21. The van der Waals surface area contributed by atoms with Gasteiger partial charge in [0.15, 0.2) is 0 Å². The molecule has 1 aromatic carbocycles. The van der Waals surface area contributed by atoms with Gasteiger partial charge >= 0.3 is 0 Å². The molecule has 96 valence electrons. The maximum Gasteiger partial charge on any atom is 0.0596 e. The number of nitrogens with zero attached hydrogens (tertiary/aromatic N) is 2. The molecule has 2 N–H and O–H groups in total. The molecule has 1 atom stereocenters. The van der Waals surface area contributed by atoms with Gasteiger partial charge in [-0.25, -0.2) is 0 Å². The molecule has 1 heterocycles. The first-order valence-electron chi connectivity index (χ1n) is 6.46. The van der Waals surface area contributed by atoms with E-state index in [-0.39, 0.29) is 6.04 Å². The van der Waals surface area contributed by atoms with Crippen LogP contribution in [0.5, 0.6) is 0 Å². The van der Waals surface area contributed by atoms with E-state index in [1.807, 2.05) is 23.7 Å². The van der Waals surface area contributed by atoms with Crippen LogP contribution in [0.25, 0.3) is 0 Å². The summed E-state index contributed by atoms with van der Waals surface area (Å²) in [4.78, 5) is 0. The molecule has 0 aliphatic heterocycles. The van der Waals surface area contributed by atoms with Gasteiger partial charge in [-0.15, -0.1) is 0 Å². The van der Waals surface area contributed by atoms with Crippen LogP contribution < -0.4 is 5.73 Å². The molecular formula is C15H21N3. The Morgan fingerprint density at radius 1 is 1.28 bits per heavy atom. The van der Waals surface area contributed by atoms with Crippen LogP contribution in [0.3, 0.4) is 0 Å². The van der Waals surface area contributed by atoms with Crippen LogP contribution in [0.15, 0.2) is 30.3 Å². The quantitative estimate of drug-likeness (QED) is 0.897. The average molecular weight is 243 g/mol. The Morgan fingerprint density at radius 3 is 2.67 bits per heavy atom. The van der Waals surface area contributed by atoms with Crippen molar-refractivity contribution in [1.82, 2.24) is 9.78 Å². The van der Waals surface area contributed by atoms with Crippen LogP contribution in [-0.2, 0) is 13.0 Å². The molecule has 0 saturated carbocycles. The van der Waals surface area contributed by atoms with Gasteiger partial charge in [0.05, 0.1) is 5.69 Å². The molecule has 0 bridgehead atoms. The molecule has 0 fully saturated rings. The minimum absolute atomic E-state index is 0.0348. The fraction of sp³-hybridized carbons (Fsp3) is 0.400. The SMILES string of the molecule is CCn1nc(C)cc1CC(N)c1ccccc1C. The summed E-state index contributed by atoms with van der Waals surface area (Å²) >= 11 is 0. The fourth-order valence-corrected chi connectivity index (χ4v) is 2.38. The van der Waals surface area contributed by atoms with Crippen LogP contribution in [-0.4, -0.2) is 9.78 Å². The highest BCUT2D eigenvalue weighted by atomic mass is 15.3. The van der Waals surface area contributed by atoms with Gasteiger partial charge in [0.2, 0.25) is 0 Å². The lowest BCUT2D eigenvalue weighted by atomic mass is 9.98. The van der Waals surface area contributed by atoms with E-state index >= 15 is 0 Å². The zero-order valence-corrected chi connectivity index (χ0v) is 11.4. The minimum Gasteiger partial charge on any atom is -0.324 e. The highest BCUT2D eigenvalue weighted by molar-refractivity contribution is 5.29. The molecule has 0 spiro atoms.